The van der Waals surface area contributed by atoms with Crippen LogP contribution in [-0.2, 0) is 0 Å². The number of hydrogen-bond acceptors (Lipinski definition) is 6. The molecule has 112 valence electrons. The molecule has 1 fully saturated rings. The van der Waals surface area contributed by atoms with Gasteiger partial charge >= 0.3 is 6.01 Å². The van der Waals surface area contributed by atoms with Gasteiger partial charge in [0.2, 0.25) is 0 Å². The molecule has 0 aliphatic carbocycles. The fraction of sp³-hybridized carbons (Fsp3) is 0.533. The zero-order valence-electron chi connectivity index (χ0n) is 12.8. The smallest absolute Gasteiger partial charge is 0.318 e. The van der Waals surface area contributed by atoms with Crippen LogP contribution in [0, 0.1) is 6.92 Å². The molecule has 1 saturated heterocycles. The van der Waals surface area contributed by atoms with Gasteiger partial charge in [-0.25, -0.2) is 0 Å². The topological polar surface area (TPSA) is 58.3 Å². The molecular weight excluding hydrogens is 266 g/mol. The lowest BCUT2D eigenvalue weighted by atomic mass is 10.2. The van der Waals surface area contributed by atoms with Crippen LogP contribution in [0.2, 0.25) is 0 Å². The van der Waals surface area contributed by atoms with Crippen LogP contribution < -0.4 is 4.90 Å². The summed E-state index contributed by atoms with van der Waals surface area (Å²) in [5.74, 6) is 0.531. The highest BCUT2D eigenvalue weighted by molar-refractivity contribution is 5.52. The van der Waals surface area contributed by atoms with Crippen molar-refractivity contribution in [1.82, 2.24) is 20.1 Å². The Morgan fingerprint density at radius 1 is 1.10 bits per heavy atom. The zero-order chi connectivity index (χ0) is 14.8. The van der Waals surface area contributed by atoms with E-state index in [1.165, 1.54) is 0 Å². The monoisotopic (exact) mass is 287 g/mol. The van der Waals surface area contributed by atoms with Gasteiger partial charge < -0.3 is 9.32 Å². The third-order valence-electron chi connectivity index (χ3n) is 3.89. The highest BCUT2D eigenvalue weighted by atomic mass is 16.4. The Morgan fingerprint density at radius 3 is 2.48 bits per heavy atom. The average molecular weight is 287 g/mol. The van der Waals surface area contributed by atoms with Gasteiger partial charge in [0, 0.05) is 44.1 Å². The van der Waals surface area contributed by atoms with Gasteiger partial charge in [0.05, 0.1) is 5.56 Å². The van der Waals surface area contributed by atoms with Crippen molar-refractivity contribution >= 4 is 6.01 Å². The van der Waals surface area contributed by atoms with Gasteiger partial charge in [-0.2, -0.15) is 0 Å². The van der Waals surface area contributed by atoms with Crippen LogP contribution in [0.5, 0.6) is 0 Å². The lowest BCUT2D eigenvalue weighted by Crippen LogP contribution is -2.49. The molecule has 1 aliphatic rings. The second kappa shape index (κ2) is 5.81. The van der Waals surface area contributed by atoms with Crippen molar-refractivity contribution in [2.75, 3.05) is 31.1 Å². The predicted molar refractivity (Wildman–Crippen MR) is 81.2 cm³/mol. The molecule has 0 aromatic carbocycles. The minimum Gasteiger partial charge on any atom is -0.403 e. The first kappa shape index (κ1) is 14.0. The predicted octanol–water partition coefficient (Wildman–Crippen LogP) is 1.97. The average Bonchev–Trinajstić information content (AvgIpc) is 2.98. The molecule has 0 atom stereocenters. The van der Waals surface area contributed by atoms with Gasteiger partial charge in [0.1, 0.15) is 0 Å². The number of aryl methyl sites for hydroxylation is 1. The molecule has 6 heteroatoms. The van der Waals surface area contributed by atoms with Gasteiger partial charge in [0.15, 0.2) is 0 Å². The zero-order valence-corrected chi connectivity index (χ0v) is 12.8. The van der Waals surface area contributed by atoms with Gasteiger partial charge in [-0.3, -0.25) is 9.88 Å². The van der Waals surface area contributed by atoms with Crippen molar-refractivity contribution in [2.24, 2.45) is 0 Å². The number of piperazine rings is 1. The summed E-state index contributed by atoms with van der Waals surface area (Å²) in [4.78, 5) is 8.86. The summed E-state index contributed by atoms with van der Waals surface area (Å²) in [6, 6.07) is 5.09. The Kier molecular flexibility index (Phi) is 3.88. The molecule has 0 radical (unpaired) electrons. The van der Waals surface area contributed by atoms with Crippen LogP contribution in [0.3, 0.4) is 0 Å². The molecule has 2 aromatic heterocycles. The molecule has 0 bridgehead atoms. The molecule has 3 heterocycles. The van der Waals surface area contributed by atoms with E-state index < -0.39 is 0 Å². The molecule has 0 N–H and O–H groups in total. The summed E-state index contributed by atoms with van der Waals surface area (Å²) < 4.78 is 5.79. The van der Waals surface area contributed by atoms with Crippen LogP contribution >= 0.6 is 0 Å². The van der Waals surface area contributed by atoms with E-state index in [2.05, 4.69) is 38.8 Å². The minimum atomic E-state index is 0.531. The SMILES string of the molecule is Cc1ccc(-c2nnc(N3CCN(C(C)C)CC3)o2)cn1. The molecule has 6 nitrogen and oxygen atoms in total. The summed E-state index contributed by atoms with van der Waals surface area (Å²) in [6.07, 6.45) is 1.77. The first-order valence-corrected chi connectivity index (χ1v) is 7.39. The number of rotatable bonds is 3. The van der Waals surface area contributed by atoms with Crippen LogP contribution in [-0.4, -0.2) is 52.3 Å². The van der Waals surface area contributed by atoms with E-state index >= 15 is 0 Å². The first-order valence-electron chi connectivity index (χ1n) is 7.39. The number of pyridine rings is 1. The number of aromatic nitrogens is 3. The fourth-order valence-corrected chi connectivity index (χ4v) is 2.48. The quantitative estimate of drug-likeness (QED) is 0.860. The molecule has 1 aliphatic heterocycles. The van der Waals surface area contributed by atoms with E-state index in [9.17, 15) is 0 Å². The Bertz CT molecular complexity index is 584. The summed E-state index contributed by atoms with van der Waals surface area (Å²) in [5.41, 5.74) is 1.84. The summed E-state index contributed by atoms with van der Waals surface area (Å²) in [6.45, 7) is 10.3. The summed E-state index contributed by atoms with van der Waals surface area (Å²) >= 11 is 0. The summed E-state index contributed by atoms with van der Waals surface area (Å²) in [5, 5.41) is 8.31. The van der Waals surface area contributed by atoms with Crippen LogP contribution in [0.15, 0.2) is 22.7 Å². The second-order valence-corrected chi connectivity index (χ2v) is 5.69. The molecule has 0 amide bonds. The Hall–Kier alpha value is -1.95. The number of nitrogens with zero attached hydrogens (tertiary/aromatic N) is 5. The van der Waals surface area contributed by atoms with Crippen molar-refractivity contribution in [1.29, 1.82) is 0 Å². The molecular formula is C15H21N5O. The lowest BCUT2D eigenvalue weighted by Gasteiger charge is -2.35. The van der Waals surface area contributed by atoms with Gasteiger partial charge in [-0.1, -0.05) is 5.10 Å². The van der Waals surface area contributed by atoms with Crippen LogP contribution in [0.1, 0.15) is 19.5 Å². The van der Waals surface area contributed by atoms with Gasteiger partial charge in [-0.15, -0.1) is 5.10 Å². The van der Waals surface area contributed by atoms with E-state index in [1.807, 2.05) is 19.1 Å². The first-order chi connectivity index (χ1) is 10.1. The molecule has 0 saturated carbocycles. The standard InChI is InChI=1S/C15H21N5O/c1-11(2)19-6-8-20(9-7-19)15-18-17-14(21-15)13-5-4-12(3)16-10-13/h4-5,10-11H,6-9H2,1-3H3. The van der Waals surface area contributed by atoms with E-state index in [0.29, 0.717) is 17.9 Å². The lowest BCUT2D eigenvalue weighted by molar-refractivity contribution is 0.206. The molecule has 0 spiro atoms. The maximum Gasteiger partial charge on any atom is 0.318 e. The Labute approximate surface area is 124 Å². The van der Waals surface area contributed by atoms with Crippen molar-refractivity contribution in [3.63, 3.8) is 0 Å². The Balaban J connectivity index is 1.70. The number of anilines is 1. The second-order valence-electron chi connectivity index (χ2n) is 5.69. The third kappa shape index (κ3) is 3.05. The van der Waals surface area contributed by atoms with Crippen molar-refractivity contribution in [3.8, 4) is 11.5 Å². The van der Waals surface area contributed by atoms with Crippen LogP contribution in [0.25, 0.3) is 11.5 Å². The molecule has 3 rings (SSSR count). The van der Waals surface area contributed by atoms with Crippen molar-refractivity contribution in [3.05, 3.63) is 24.0 Å². The highest BCUT2D eigenvalue weighted by Gasteiger charge is 2.22. The molecule has 21 heavy (non-hydrogen) atoms. The van der Waals surface area contributed by atoms with Gasteiger partial charge in [0.25, 0.3) is 5.89 Å². The van der Waals surface area contributed by atoms with Crippen molar-refractivity contribution in [2.45, 2.75) is 26.8 Å². The fourth-order valence-electron chi connectivity index (χ4n) is 2.48. The van der Waals surface area contributed by atoms with E-state index in [4.69, 9.17) is 4.42 Å². The largest absolute Gasteiger partial charge is 0.403 e. The maximum absolute atomic E-state index is 5.79. The Morgan fingerprint density at radius 2 is 1.86 bits per heavy atom. The molecule has 0 unspecified atom stereocenters. The van der Waals surface area contributed by atoms with Gasteiger partial charge in [-0.05, 0) is 32.9 Å². The van der Waals surface area contributed by atoms with E-state index in [-0.39, 0.29) is 0 Å². The van der Waals surface area contributed by atoms with Crippen molar-refractivity contribution < 1.29 is 4.42 Å². The minimum absolute atomic E-state index is 0.531. The third-order valence-corrected chi connectivity index (χ3v) is 3.89. The highest BCUT2D eigenvalue weighted by Crippen LogP contribution is 2.22. The van der Waals surface area contributed by atoms with E-state index in [1.54, 1.807) is 6.20 Å². The number of hydrogen-bond donors (Lipinski definition) is 0. The molecule has 2 aromatic rings. The maximum atomic E-state index is 5.79. The van der Waals surface area contributed by atoms with E-state index in [0.717, 1.165) is 37.4 Å². The van der Waals surface area contributed by atoms with Crippen LogP contribution in [0.4, 0.5) is 6.01 Å². The summed E-state index contributed by atoms with van der Waals surface area (Å²) in [7, 11) is 0. The normalized spacial score (nSPS) is 16.7.